The normalized spacial score (nSPS) is 28.7. The van der Waals surface area contributed by atoms with Gasteiger partial charge in [0.15, 0.2) is 11.6 Å². The molecule has 0 bridgehead atoms. The first-order valence-corrected chi connectivity index (χ1v) is 11.2. The van der Waals surface area contributed by atoms with Crippen LogP contribution in [0.15, 0.2) is 24.8 Å². The van der Waals surface area contributed by atoms with Crippen LogP contribution in [0.3, 0.4) is 0 Å². The Morgan fingerprint density at radius 3 is 2.37 bits per heavy atom. The molecular formula is C24H34ClFO. The van der Waals surface area contributed by atoms with E-state index in [1.807, 2.05) is 12.1 Å². The van der Waals surface area contributed by atoms with Crippen LogP contribution in [-0.2, 0) is 0 Å². The molecule has 27 heavy (non-hydrogen) atoms. The van der Waals surface area contributed by atoms with Gasteiger partial charge in [0.05, 0.1) is 11.6 Å². The lowest BCUT2D eigenvalue weighted by molar-refractivity contribution is 0.174. The third-order valence-electron chi connectivity index (χ3n) is 6.76. The molecule has 3 heteroatoms. The minimum atomic E-state index is -0.375. The molecule has 0 amide bonds. The highest BCUT2D eigenvalue weighted by Crippen LogP contribution is 2.41. The summed E-state index contributed by atoms with van der Waals surface area (Å²) in [4.78, 5) is 0. The van der Waals surface area contributed by atoms with Crippen LogP contribution in [0, 0.1) is 23.6 Å². The van der Waals surface area contributed by atoms with Gasteiger partial charge in [-0.2, -0.15) is 0 Å². The van der Waals surface area contributed by atoms with Gasteiger partial charge in [0.1, 0.15) is 0 Å². The van der Waals surface area contributed by atoms with Crippen LogP contribution in [0.1, 0.15) is 82.6 Å². The number of benzene rings is 1. The van der Waals surface area contributed by atoms with E-state index in [-0.39, 0.29) is 10.8 Å². The summed E-state index contributed by atoms with van der Waals surface area (Å²) >= 11 is 6.40. The minimum absolute atomic E-state index is 0.265. The maximum atomic E-state index is 14.8. The summed E-state index contributed by atoms with van der Waals surface area (Å²) in [6.45, 7) is 6.76. The van der Waals surface area contributed by atoms with Crippen molar-refractivity contribution >= 4 is 11.6 Å². The molecule has 0 aromatic heterocycles. The lowest BCUT2D eigenvalue weighted by Gasteiger charge is -2.29. The fourth-order valence-electron chi connectivity index (χ4n) is 4.94. The second-order valence-electron chi connectivity index (χ2n) is 8.61. The van der Waals surface area contributed by atoms with Crippen molar-refractivity contribution < 1.29 is 9.13 Å². The Morgan fingerprint density at radius 1 is 1.07 bits per heavy atom. The second-order valence-corrected chi connectivity index (χ2v) is 8.99. The van der Waals surface area contributed by atoms with E-state index in [9.17, 15) is 4.39 Å². The quantitative estimate of drug-likeness (QED) is 0.428. The average Bonchev–Trinajstić information content (AvgIpc) is 2.71. The molecule has 0 unspecified atom stereocenters. The Balaban J connectivity index is 1.55. The van der Waals surface area contributed by atoms with Crippen LogP contribution in [0.5, 0.6) is 5.75 Å². The van der Waals surface area contributed by atoms with Gasteiger partial charge in [0.25, 0.3) is 0 Å². The van der Waals surface area contributed by atoms with Crippen molar-refractivity contribution in [1.82, 2.24) is 0 Å². The second kappa shape index (κ2) is 9.96. The average molecular weight is 393 g/mol. The number of hydrogen-bond donors (Lipinski definition) is 0. The molecule has 0 aliphatic heterocycles. The maximum absolute atomic E-state index is 14.8. The zero-order valence-electron chi connectivity index (χ0n) is 16.7. The summed E-state index contributed by atoms with van der Waals surface area (Å²) < 4.78 is 20.7. The molecule has 2 fully saturated rings. The number of allylic oxidation sites excluding steroid dienone is 1. The molecule has 1 aromatic carbocycles. The fourth-order valence-corrected chi connectivity index (χ4v) is 5.25. The van der Waals surface area contributed by atoms with Gasteiger partial charge in [0.2, 0.25) is 0 Å². The smallest absolute Gasteiger partial charge is 0.183 e. The predicted octanol–water partition coefficient (Wildman–Crippen LogP) is 7.92. The van der Waals surface area contributed by atoms with Crippen LogP contribution < -0.4 is 4.74 Å². The molecule has 2 aliphatic rings. The minimum Gasteiger partial charge on any atom is -0.490 e. The maximum Gasteiger partial charge on any atom is 0.183 e. The fraction of sp³-hybridized carbons (Fsp3) is 0.667. The van der Waals surface area contributed by atoms with Crippen molar-refractivity contribution in [2.75, 3.05) is 6.61 Å². The SMILES string of the molecule is C=CC1CCC(c2ccc(OCC3CCC(CCC)CC3)c(F)c2Cl)CC1. The van der Waals surface area contributed by atoms with E-state index in [2.05, 4.69) is 13.5 Å². The van der Waals surface area contributed by atoms with Crippen LogP contribution in [0.25, 0.3) is 0 Å². The van der Waals surface area contributed by atoms with E-state index in [1.54, 1.807) is 6.07 Å². The molecule has 1 nitrogen and oxygen atoms in total. The van der Waals surface area contributed by atoms with Gasteiger partial charge < -0.3 is 4.74 Å². The summed E-state index contributed by atoms with van der Waals surface area (Å²) in [6, 6.07) is 3.77. The van der Waals surface area contributed by atoms with Crippen molar-refractivity contribution in [3.8, 4) is 5.75 Å². The molecule has 150 valence electrons. The molecule has 1 aromatic rings. The van der Waals surface area contributed by atoms with Crippen molar-refractivity contribution in [2.24, 2.45) is 17.8 Å². The molecule has 2 aliphatic carbocycles. The van der Waals surface area contributed by atoms with Crippen molar-refractivity contribution in [1.29, 1.82) is 0 Å². The Labute approximate surface area is 169 Å². The monoisotopic (exact) mass is 392 g/mol. The third kappa shape index (κ3) is 5.28. The first-order valence-electron chi connectivity index (χ1n) is 10.9. The first kappa shape index (κ1) is 20.7. The van der Waals surface area contributed by atoms with E-state index >= 15 is 0 Å². The number of halogens is 2. The number of ether oxygens (including phenoxy) is 1. The lowest BCUT2D eigenvalue weighted by atomic mass is 9.79. The van der Waals surface area contributed by atoms with E-state index in [0.29, 0.717) is 30.1 Å². The molecular weight excluding hydrogens is 359 g/mol. The molecule has 0 spiro atoms. The largest absolute Gasteiger partial charge is 0.490 e. The molecule has 0 saturated heterocycles. The molecule has 0 radical (unpaired) electrons. The van der Waals surface area contributed by atoms with Gasteiger partial charge in [-0.05, 0) is 73.8 Å². The number of rotatable bonds is 7. The van der Waals surface area contributed by atoms with Crippen LogP contribution >= 0.6 is 11.6 Å². The summed E-state index contributed by atoms with van der Waals surface area (Å²) in [5.74, 6) is 2.32. The van der Waals surface area contributed by atoms with Gasteiger partial charge in [-0.1, -0.05) is 56.4 Å². The zero-order valence-corrected chi connectivity index (χ0v) is 17.4. The first-order chi connectivity index (χ1) is 13.1. The summed E-state index contributed by atoms with van der Waals surface area (Å²) in [5.41, 5.74) is 0.948. The summed E-state index contributed by atoms with van der Waals surface area (Å²) in [5, 5.41) is 0.265. The van der Waals surface area contributed by atoms with Crippen LogP contribution in [-0.4, -0.2) is 6.61 Å². The van der Waals surface area contributed by atoms with Crippen molar-refractivity contribution in [2.45, 2.75) is 77.0 Å². The van der Waals surface area contributed by atoms with Crippen molar-refractivity contribution in [3.05, 3.63) is 41.2 Å². The topological polar surface area (TPSA) is 9.23 Å². The van der Waals surface area contributed by atoms with Crippen LogP contribution in [0.2, 0.25) is 5.02 Å². The Kier molecular flexibility index (Phi) is 7.64. The van der Waals surface area contributed by atoms with Gasteiger partial charge in [-0.15, -0.1) is 6.58 Å². The van der Waals surface area contributed by atoms with E-state index in [1.165, 1.54) is 38.5 Å². The molecule has 3 rings (SSSR count). The lowest BCUT2D eigenvalue weighted by Crippen LogP contribution is -2.20. The molecule has 0 N–H and O–H groups in total. The molecule has 0 atom stereocenters. The molecule has 2 saturated carbocycles. The highest BCUT2D eigenvalue weighted by molar-refractivity contribution is 6.31. The van der Waals surface area contributed by atoms with Crippen molar-refractivity contribution in [3.63, 3.8) is 0 Å². The Hall–Kier alpha value is -1.02. The summed E-state index contributed by atoms with van der Waals surface area (Å²) in [6.07, 6.45) is 14.0. The Morgan fingerprint density at radius 2 is 1.74 bits per heavy atom. The summed E-state index contributed by atoms with van der Waals surface area (Å²) in [7, 11) is 0. The van der Waals surface area contributed by atoms with E-state index in [4.69, 9.17) is 16.3 Å². The third-order valence-corrected chi connectivity index (χ3v) is 7.14. The van der Waals surface area contributed by atoms with Gasteiger partial charge in [0, 0.05) is 0 Å². The van der Waals surface area contributed by atoms with E-state index in [0.717, 1.165) is 37.2 Å². The predicted molar refractivity (Wildman–Crippen MR) is 112 cm³/mol. The number of hydrogen-bond acceptors (Lipinski definition) is 1. The Bertz CT molecular complexity index is 613. The van der Waals surface area contributed by atoms with Gasteiger partial charge in [-0.3, -0.25) is 0 Å². The van der Waals surface area contributed by atoms with Gasteiger partial charge >= 0.3 is 0 Å². The highest BCUT2D eigenvalue weighted by Gasteiger charge is 2.26. The van der Waals surface area contributed by atoms with E-state index < -0.39 is 0 Å². The molecule has 0 heterocycles. The highest BCUT2D eigenvalue weighted by atomic mass is 35.5. The van der Waals surface area contributed by atoms with Gasteiger partial charge in [-0.25, -0.2) is 4.39 Å². The van der Waals surface area contributed by atoms with Crippen LogP contribution in [0.4, 0.5) is 4.39 Å². The zero-order chi connectivity index (χ0) is 19.2. The standard InChI is InChI=1S/C24H34ClFO/c1-3-5-18-6-8-19(9-7-18)16-27-22-15-14-21(23(25)24(22)26)20-12-10-17(4-2)11-13-20/h4,14-15,17-20H,2-3,5-13,16H2,1H3.